The van der Waals surface area contributed by atoms with E-state index in [0.717, 1.165) is 28.5 Å². The molecule has 0 aromatic heterocycles. The Morgan fingerprint density at radius 3 is 1.85 bits per heavy atom. The second kappa shape index (κ2) is 10.8. The number of nitrogens with zero attached hydrogens (tertiary/aromatic N) is 3. The van der Waals surface area contributed by atoms with E-state index in [-0.39, 0.29) is 49.2 Å². The van der Waals surface area contributed by atoms with E-state index >= 15 is 0 Å². The highest BCUT2D eigenvalue weighted by molar-refractivity contribution is 7.94. The smallest absolute Gasteiger partial charge is 0.264 e. The summed E-state index contributed by atoms with van der Waals surface area (Å²) in [6.45, 7) is 6.09. The zero-order valence-corrected chi connectivity index (χ0v) is 26.3. The number of hydrogen-bond donors (Lipinski definition) is 0. The summed E-state index contributed by atoms with van der Waals surface area (Å²) in [7, 11) is -6.42. The van der Waals surface area contributed by atoms with Crippen molar-refractivity contribution in [3.8, 4) is 0 Å². The Kier molecular flexibility index (Phi) is 7.98. The molecule has 0 spiro atoms. The number of benzene rings is 3. The quantitative estimate of drug-likeness (QED) is 0.336. The number of sulfonamides is 1. The number of hydrogen-bond acceptors (Lipinski definition) is 6. The van der Waals surface area contributed by atoms with E-state index in [1.807, 2.05) is 20.9 Å². The highest BCUT2D eigenvalue weighted by atomic mass is 35.5. The van der Waals surface area contributed by atoms with Gasteiger partial charge in [-0.05, 0) is 51.2 Å². The van der Waals surface area contributed by atoms with Gasteiger partial charge in [-0.1, -0.05) is 70.2 Å². The number of fused-ring (bicyclic) bond motifs is 1. The first kappa shape index (κ1) is 29.6. The summed E-state index contributed by atoms with van der Waals surface area (Å²) in [4.78, 5) is 4.33. The number of aryl methyl sites for hydroxylation is 2. The molecule has 7 nitrogen and oxygen atoms in total. The van der Waals surface area contributed by atoms with Gasteiger partial charge in [-0.2, -0.15) is 0 Å². The monoisotopic (exact) mass is 641 g/mol. The average Bonchev–Trinajstić information content (AvgIpc) is 3.25. The maximum atomic E-state index is 14.8. The van der Waals surface area contributed by atoms with Crippen molar-refractivity contribution in [1.82, 2.24) is 9.80 Å². The minimum absolute atomic E-state index is 0.0153. The first-order chi connectivity index (χ1) is 18.8. The van der Waals surface area contributed by atoms with Crippen LogP contribution in [0.25, 0.3) is 0 Å². The third-order valence-corrected chi connectivity index (χ3v) is 13.2. The van der Waals surface area contributed by atoms with Gasteiger partial charge >= 0.3 is 0 Å². The fourth-order valence-corrected chi connectivity index (χ4v) is 9.92. The number of anilines is 1. The second-order valence-corrected chi connectivity index (χ2v) is 15.9. The predicted molar refractivity (Wildman–Crippen MR) is 161 cm³/mol. The van der Waals surface area contributed by atoms with Gasteiger partial charge in [-0.15, -0.1) is 0 Å². The Labute approximate surface area is 251 Å². The average molecular weight is 643 g/mol. The summed E-state index contributed by atoms with van der Waals surface area (Å²) in [6.07, 6.45) is 0. The number of rotatable bonds is 6. The van der Waals surface area contributed by atoms with Gasteiger partial charge in [0.25, 0.3) is 10.0 Å². The fourth-order valence-electron chi connectivity index (χ4n) is 5.40. The van der Waals surface area contributed by atoms with Crippen molar-refractivity contribution in [2.24, 2.45) is 0 Å². The molecule has 40 heavy (non-hydrogen) atoms. The summed E-state index contributed by atoms with van der Waals surface area (Å²) in [5.74, 6) is 0. The molecule has 5 rings (SSSR count). The second-order valence-electron chi connectivity index (χ2n) is 10.6. The van der Waals surface area contributed by atoms with E-state index in [9.17, 15) is 16.8 Å². The number of piperazine rings is 1. The van der Waals surface area contributed by atoms with Crippen LogP contribution in [0.5, 0.6) is 0 Å². The van der Waals surface area contributed by atoms with Crippen LogP contribution in [0.2, 0.25) is 15.1 Å². The van der Waals surface area contributed by atoms with Crippen molar-refractivity contribution in [3.63, 3.8) is 0 Å². The molecular weight excluding hydrogens is 613 g/mol. The molecule has 12 heteroatoms. The van der Waals surface area contributed by atoms with Crippen LogP contribution in [0.15, 0.2) is 64.4 Å². The van der Waals surface area contributed by atoms with Gasteiger partial charge in [-0.3, -0.25) is 9.21 Å². The van der Waals surface area contributed by atoms with Crippen molar-refractivity contribution in [1.29, 1.82) is 0 Å². The molecule has 0 radical (unpaired) electrons. The van der Waals surface area contributed by atoms with Crippen LogP contribution in [0.4, 0.5) is 5.69 Å². The van der Waals surface area contributed by atoms with E-state index < -0.39 is 24.6 Å². The third-order valence-electron chi connectivity index (χ3n) is 7.79. The third kappa shape index (κ3) is 4.93. The summed E-state index contributed by atoms with van der Waals surface area (Å²) < 4.78 is 57.2. The van der Waals surface area contributed by atoms with Crippen molar-refractivity contribution < 1.29 is 16.8 Å². The first-order valence-electron chi connectivity index (χ1n) is 12.8. The molecule has 0 bridgehead atoms. The van der Waals surface area contributed by atoms with Gasteiger partial charge in [0.1, 0.15) is 4.75 Å². The maximum absolute atomic E-state index is 14.8. The Balaban J connectivity index is 1.78. The van der Waals surface area contributed by atoms with Crippen molar-refractivity contribution in [2.75, 3.05) is 50.6 Å². The van der Waals surface area contributed by atoms with Gasteiger partial charge in [0.05, 0.1) is 37.1 Å². The molecule has 2 aliphatic heterocycles. The molecule has 0 N–H and O–H groups in total. The fraction of sp³-hybridized carbons (Fsp3) is 0.357. The summed E-state index contributed by atoms with van der Waals surface area (Å²) in [5.41, 5.74) is 2.06. The van der Waals surface area contributed by atoms with E-state index in [1.54, 1.807) is 36.4 Å². The summed E-state index contributed by atoms with van der Waals surface area (Å²) in [6, 6.07) is 14.4. The van der Waals surface area contributed by atoms with Crippen LogP contribution in [0.1, 0.15) is 16.7 Å². The lowest BCUT2D eigenvalue weighted by atomic mass is 9.98. The van der Waals surface area contributed by atoms with Crippen LogP contribution in [0.3, 0.4) is 0 Å². The van der Waals surface area contributed by atoms with Gasteiger partial charge in [0.2, 0.25) is 0 Å². The van der Waals surface area contributed by atoms with Crippen molar-refractivity contribution >= 4 is 60.4 Å². The molecule has 1 unspecified atom stereocenters. The molecule has 0 aliphatic carbocycles. The maximum Gasteiger partial charge on any atom is 0.264 e. The van der Waals surface area contributed by atoms with Crippen LogP contribution >= 0.6 is 34.8 Å². The number of halogens is 3. The summed E-state index contributed by atoms with van der Waals surface area (Å²) in [5, 5.41) is -0.0354. The van der Waals surface area contributed by atoms with Crippen LogP contribution in [0, 0.1) is 13.8 Å². The normalized spacial score (nSPS) is 20.6. The van der Waals surface area contributed by atoms with E-state index in [1.165, 1.54) is 18.2 Å². The molecule has 2 aliphatic rings. The van der Waals surface area contributed by atoms with Gasteiger partial charge in [0, 0.05) is 38.3 Å². The molecular formula is C28H30Cl3N3O4S2. The minimum Gasteiger partial charge on any atom is -0.304 e. The number of sulfone groups is 1. The van der Waals surface area contributed by atoms with Gasteiger partial charge in [-0.25, -0.2) is 16.8 Å². The van der Waals surface area contributed by atoms with E-state index in [0.29, 0.717) is 13.1 Å². The molecule has 1 atom stereocenters. The Morgan fingerprint density at radius 2 is 1.30 bits per heavy atom. The Morgan fingerprint density at radius 1 is 0.775 bits per heavy atom. The molecule has 0 saturated carbocycles. The Hall–Kier alpha value is -1.85. The highest BCUT2D eigenvalue weighted by Crippen LogP contribution is 2.55. The van der Waals surface area contributed by atoms with E-state index in [2.05, 4.69) is 9.80 Å². The SMILES string of the molecule is Cc1ccc(S(=O)(=O)N2CC(CN3CCN(C)CC3)(S(=O)(=O)c3ccc(C)cc3)c3c2cc(Cl)c(Cl)c3Cl)cc1. The number of likely N-dealkylation sites (N-methyl/N-ethyl adjacent to an activating group) is 1. The van der Waals surface area contributed by atoms with Crippen LogP contribution < -0.4 is 4.31 Å². The zero-order valence-electron chi connectivity index (χ0n) is 22.4. The van der Waals surface area contributed by atoms with Crippen LogP contribution in [-0.2, 0) is 24.6 Å². The zero-order chi connectivity index (χ0) is 29.0. The molecule has 1 fully saturated rings. The van der Waals surface area contributed by atoms with Crippen molar-refractivity contribution in [2.45, 2.75) is 28.4 Å². The van der Waals surface area contributed by atoms with Crippen molar-refractivity contribution in [3.05, 3.63) is 86.4 Å². The first-order valence-corrected chi connectivity index (χ1v) is 16.8. The molecule has 1 saturated heterocycles. The largest absolute Gasteiger partial charge is 0.304 e. The van der Waals surface area contributed by atoms with Gasteiger partial charge in [0.15, 0.2) is 9.84 Å². The molecule has 3 aromatic rings. The van der Waals surface area contributed by atoms with Crippen LogP contribution in [-0.4, -0.2) is 73.0 Å². The molecule has 0 amide bonds. The predicted octanol–water partition coefficient (Wildman–Crippen LogP) is 5.39. The lowest BCUT2D eigenvalue weighted by molar-refractivity contribution is 0.142. The molecule has 3 aromatic carbocycles. The minimum atomic E-state index is -4.23. The molecule has 214 valence electrons. The van der Waals surface area contributed by atoms with E-state index in [4.69, 9.17) is 34.8 Å². The Bertz CT molecular complexity index is 1660. The van der Waals surface area contributed by atoms with Gasteiger partial charge < -0.3 is 4.90 Å². The topological polar surface area (TPSA) is 78.0 Å². The lowest BCUT2D eigenvalue weighted by Gasteiger charge is -2.39. The summed E-state index contributed by atoms with van der Waals surface area (Å²) >= 11 is 19.8. The standard InChI is InChI=1S/C28H30Cl3N3O4S2/c1-19-4-8-21(9-5-19)39(35,36)28(17-33-14-12-32(3)13-15-33)18-34(24-16-23(29)26(30)27(31)25(24)28)40(37,38)22-10-6-20(2)7-11-22/h4-11,16H,12-15,17-18H2,1-3H3. The highest BCUT2D eigenvalue weighted by Gasteiger charge is 2.58. The lowest BCUT2D eigenvalue weighted by Crippen LogP contribution is -2.54. The molecule has 2 heterocycles.